The molecule has 1 N–H and O–H groups in total. The topological polar surface area (TPSA) is 47.6 Å². The molecule has 0 spiro atoms. The Morgan fingerprint density at radius 2 is 1.77 bits per heavy atom. The zero-order valence-electron chi connectivity index (χ0n) is 15.9. The van der Waals surface area contributed by atoms with Gasteiger partial charge in [0.25, 0.3) is 0 Å². The highest BCUT2D eigenvalue weighted by atomic mass is 32.2. The van der Waals surface area contributed by atoms with Crippen LogP contribution in [0.5, 0.6) is 11.5 Å². The molecule has 140 valence electrons. The number of thioether (sulfide) groups is 1. The van der Waals surface area contributed by atoms with Crippen LogP contribution in [0.25, 0.3) is 0 Å². The van der Waals surface area contributed by atoms with Crippen LogP contribution in [0.15, 0.2) is 47.4 Å². The van der Waals surface area contributed by atoms with Crippen molar-refractivity contribution in [1.29, 1.82) is 0 Å². The molecule has 0 aliphatic rings. The van der Waals surface area contributed by atoms with E-state index in [4.69, 9.17) is 9.47 Å². The molecule has 0 bridgehead atoms. The van der Waals surface area contributed by atoms with Crippen LogP contribution in [0.3, 0.4) is 0 Å². The number of amides is 1. The first kappa shape index (κ1) is 20.2. The molecule has 5 heteroatoms. The summed E-state index contributed by atoms with van der Waals surface area (Å²) in [6.45, 7) is 4.08. The van der Waals surface area contributed by atoms with Crippen LogP contribution in [0, 0.1) is 0 Å². The van der Waals surface area contributed by atoms with E-state index < -0.39 is 0 Å². The molecule has 1 unspecified atom stereocenters. The van der Waals surface area contributed by atoms with Gasteiger partial charge in [-0.25, -0.2) is 0 Å². The Labute approximate surface area is 160 Å². The van der Waals surface area contributed by atoms with Crippen molar-refractivity contribution in [2.24, 2.45) is 0 Å². The first-order chi connectivity index (χ1) is 12.6. The van der Waals surface area contributed by atoms with Gasteiger partial charge in [-0.3, -0.25) is 4.79 Å². The molecule has 1 amide bonds. The number of anilines is 1. The normalized spacial score (nSPS) is 11.7. The van der Waals surface area contributed by atoms with Crippen LogP contribution >= 0.6 is 11.8 Å². The van der Waals surface area contributed by atoms with Crippen molar-refractivity contribution in [1.82, 2.24) is 0 Å². The number of hydrogen-bond donors (Lipinski definition) is 1. The standard InChI is InChI=1S/C21H27NO3S/c1-5-6-7-16-8-10-17(11-9-16)22-21(23)15(2)26-18-12-13-19(24-3)20(14-18)25-4/h8-15H,5-7H2,1-4H3,(H,22,23). The van der Waals surface area contributed by atoms with E-state index in [9.17, 15) is 4.79 Å². The summed E-state index contributed by atoms with van der Waals surface area (Å²) in [5, 5.41) is 2.75. The highest BCUT2D eigenvalue weighted by molar-refractivity contribution is 8.00. The number of aryl methyl sites for hydroxylation is 1. The van der Waals surface area contributed by atoms with Gasteiger partial charge in [-0.05, 0) is 55.7 Å². The summed E-state index contributed by atoms with van der Waals surface area (Å²) < 4.78 is 10.6. The van der Waals surface area contributed by atoms with Gasteiger partial charge in [-0.2, -0.15) is 0 Å². The van der Waals surface area contributed by atoms with E-state index in [1.165, 1.54) is 30.2 Å². The molecular formula is C21H27NO3S. The third-order valence-electron chi connectivity index (χ3n) is 4.08. The lowest BCUT2D eigenvalue weighted by Gasteiger charge is -2.14. The maximum absolute atomic E-state index is 12.5. The summed E-state index contributed by atoms with van der Waals surface area (Å²) in [7, 11) is 3.21. The lowest BCUT2D eigenvalue weighted by Crippen LogP contribution is -2.22. The zero-order valence-corrected chi connectivity index (χ0v) is 16.7. The number of rotatable bonds is 9. The van der Waals surface area contributed by atoms with Gasteiger partial charge in [0, 0.05) is 10.6 Å². The van der Waals surface area contributed by atoms with Gasteiger partial charge in [-0.15, -0.1) is 11.8 Å². The number of ether oxygens (including phenoxy) is 2. The van der Waals surface area contributed by atoms with Gasteiger partial charge in [0.2, 0.25) is 5.91 Å². The monoisotopic (exact) mass is 373 g/mol. The Morgan fingerprint density at radius 1 is 1.08 bits per heavy atom. The second-order valence-corrected chi connectivity index (χ2v) is 7.48. The first-order valence-corrected chi connectivity index (χ1v) is 9.73. The van der Waals surface area contributed by atoms with E-state index in [0.29, 0.717) is 11.5 Å². The first-order valence-electron chi connectivity index (χ1n) is 8.85. The number of methoxy groups -OCH3 is 2. The van der Waals surface area contributed by atoms with Crippen LogP contribution in [-0.2, 0) is 11.2 Å². The van der Waals surface area contributed by atoms with E-state index in [-0.39, 0.29) is 11.2 Å². The van der Waals surface area contributed by atoms with Crippen LogP contribution in [0.2, 0.25) is 0 Å². The maximum atomic E-state index is 12.5. The van der Waals surface area contributed by atoms with Crippen LogP contribution in [0.1, 0.15) is 32.3 Å². The fourth-order valence-corrected chi connectivity index (χ4v) is 3.42. The van der Waals surface area contributed by atoms with E-state index in [1.807, 2.05) is 37.3 Å². The number of nitrogens with one attached hydrogen (secondary N) is 1. The quantitative estimate of drug-likeness (QED) is 0.616. The van der Waals surface area contributed by atoms with Crippen molar-refractivity contribution < 1.29 is 14.3 Å². The molecule has 2 aromatic rings. The third kappa shape index (κ3) is 5.70. The van der Waals surface area contributed by atoms with E-state index in [0.717, 1.165) is 17.0 Å². The van der Waals surface area contributed by atoms with Crippen LogP contribution < -0.4 is 14.8 Å². The van der Waals surface area contributed by atoms with Crippen LogP contribution in [-0.4, -0.2) is 25.4 Å². The molecule has 0 heterocycles. The third-order valence-corrected chi connectivity index (χ3v) is 5.17. The molecule has 0 aromatic heterocycles. The Hall–Kier alpha value is -2.14. The highest BCUT2D eigenvalue weighted by Crippen LogP contribution is 2.33. The summed E-state index contributed by atoms with van der Waals surface area (Å²) in [5.41, 5.74) is 2.13. The van der Waals surface area contributed by atoms with Gasteiger partial charge >= 0.3 is 0 Å². The van der Waals surface area contributed by atoms with Crippen molar-refractivity contribution in [3.8, 4) is 11.5 Å². The second-order valence-electron chi connectivity index (χ2n) is 6.07. The largest absolute Gasteiger partial charge is 0.493 e. The number of carbonyl (C=O) groups excluding carboxylic acids is 1. The smallest absolute Gasteiger partial charge is 0.237 e. The van der Waals surface area contributed by atoms with Gasteiger partial charge in [0.15, 0.2) is 11.5 Å². The minimum Gasteiger partial charge on any atom is -0.493 e. The van der Waals surface area contributed by atoms with Gasteiger partial charge in [-0.1, -0.05) is 25.5 Å². The molecule has 1 atom stereocenters. The molecule has 26 heavy (non-hydrogen) atoms. The molecule has 0 aliphatic carbocycles. The summed E-state index contributed by atoms with van der Waals surface area (Å²) in [6.07, 6.45) is 3.45. The minimum atomic E-state index is -0.229. The molecule has 2 aromatic carbocycles. The Kier molecular flexibility index (Phi) is 7.85. The Bertz CT molecular complexity index is 716. The van der Waals surface area contributed by atoms with Crippen molar-refractivity contribution in [2.75, 3.05) is 19.5 Å². The summed E-state index contributed by atoms with van der Waals surface area (Å²) >= 11 is 1.49. The second kappa shape index (κ2) is 10.1. The summed E-state index contributed by atoms with van der Waals surface area (Å²) in [5.74, 6) is 1.32. The predicted octanol–water partition coefficient (Wildman–Crippen LogP) is 5.17. The lowest BCUT2D eigenvalue weighted by molar-refractivity contribution is -0.115. The summed E-state index contributed by atoms with van der Waals surface area (Å²) in [4.78, 5) is 13.4. The fourth-order valence-electron chi connectivity index (χ4n) is 2.53. The average Bonchev–Trinajstić information content (AvgIpc) is 2.67. The maximum Gasteiger partial charge on any atom is 0.237 e. The van der Waals surface area contributed by atoms with E-state index >= 15 is 0 Å². The molecule has 4 nitrogen and oxygen atoms in total. The number of benzene rings is 2. The molecule has 0 fully saturated rings. The fraction of sp³-hybridized carbons (Fsp3) is 0.381. The molecular weight excluding hydrogens is 346 g/mol. The van der Waals surface area contributed by atoms with E-state index in [2.05, 4.69) is 24.4 Å². The predicted molar refractivity (Wildman–Crippen MR) is 109 cm³/mol. The molecule has 0 saturated carbocycles. The van der Waals surface area contributed by atoms with Crippen molar-refractivity contribution in [2.45, 2.75) is 43.3 Å². The van der Waals surface area contributed by atoms with Gasteiger partial charge in [0.05, 0.1) is 19.5 Å². The zero-order chi connectivity index (χ0) is 18.9. The molecule has 0 radical (unpaired) electrons. The highest BCUT2D eigenvalue weighted by Gasteiger charge is 2.16. The number of carbonyl (C=O) groups is 1. The van der Waals surface area contributed by atoms with Gasteiger partial charge < -0.3 is 14.8 Å². The Balaban J connectivity index is 1.95. The molecule has 2 rings (SSSR count). The SMILES string of the molecule is CCCCc1ccc(NC(=O)C(C)Sc2ccc(OC)c(OC)c2)cc1. The van der Waals surface area contributed by atoms with Crippen molar-refractivity contribution in [3.63, 3.8) is 0 Å². The molecule has 0 aliphatic heterocycles. The molecule has 0 saturated heterocycles. The minimum absolute atomic E-state index is 0.0221. The van der Waals surface area contributed by atoms with E-state index in [1.54, 1.807) is 14.2 Å². The Morgan fingerprint density at radius 3 is 2.38 bits per heavy atom. The summed E-state index contributed by atoms with van der Waals surface area (Å²) in [6, 6.07) is 13.8. The lowest BCUT2D eigenvalue weighted by atomic mass is 10.1. The number of unbranched alkanes of at least 4 members (excludes halogenated alkanes) is 1. The average molecular weight is 374 g/mol. The van der Waals surface area contributed by atoms with Crippen LogP contribution in [0.4, 0.5) is 5.69 Å². The van der Waals surface area contributed by atoms with Crippen molar-refractivity contribution >= 4 is 23.4 Å². The number of hydrogen-bond acceptors (Lipinski definition) is 4. The van der Waals surface area contributed by atoms with Gasteiger partial charge in [0.1, 0.15) is 0 Å². The van der Waals surface area contributed by atoms with Crippen molar-refractivity contribution in [3.05, 3.63) is 48.0 Å².